The molecule has 0 aliphatic carbocycles. The lowest BCUT2D eigenvalue weighted by molar-refractivity contribution is -0.121. The van der Waals surface area contributed by atoms with Crippen LogP contribution in [0.1, 0.15) is 18.3 Å². The maximum Gasteiger partial charge on any atom is 0.291 e. The maximum absolute atomic E-state index is 12.9. The second-order valence-corrected chi connectivity index (χ2v) is 7.44. The van der Waals surface area contributed by atoms with Crippen LogP contribution in [0.15, 0.2) is 46.6 Å². The number of thiophene rings is 1. The number of rotatable bonds is 6. The largest absolute Gasteiger partial charge is 0.354 e. The Labute approximate surface area is 164 Å². The Bertz CT molecular complexity index is 1210. The zero-order valence-corrected chi connectivity index (χ0v) is 16.1. The molecule has 144 valence electrons. The van der Waals surface area contributed by atoms with E-state index in [0.717, 1.165) is 21.6 Å². The van der Waals surface area contributed by atoms with Gasteiger partial charge in [-0.25, -0.2) is 9.07 Å². The van der Waals surface area contributed by atoms with Crippen LogP contribution in [0.4, 0.5) is 4.39 Å². The van der Waals surface area contributed by atoms with Crippen LogP contribution in [0.25, 0.3) is 15.7 Å². The van der Waals surface area contributed by atoms with E-state index in [2.05, 4.69) is 10.4 Å². The number of nitrogens with zero attached hydrogens (tertiary/aromatic N) is 3. The smallest absolute Gasteiger partial charge is 0.291 e. The van der Waals surface area contributed by atoms with Gasteiger partial charge in [0.2, 0.25) is 5.91 Å². The van der Waals surface area contributed by atoms with Crippen LogP contribution in [0.2, 0.25) is 0 Å². The molecule has 4 rings (SSSR count). The first-order valence-corrected chi connectivity index (χ1v) is 9.94. The van der Waals surface area contributed by atoms with Gasteiger partial charge in [0.15, 0.2) is 0 Å². The first-order valence-electron chi connectivity index (χ1n) is 9.06. The third-order valence-corrected chi connectivity index (χ3v) is 5.48. The highest BCUT2D eigenvalue weighted by Gasteiger charge is 2.15. The van der Waals surface area contributed by atoms with E-state index >= 15 is 0 Å². The Morgan fingerprint density at radius 2 is 2.00 bits per heavy atom. The summed E-state index contributed by atoms with van der Waals surface area (Å²) in [5, 5.41) is 9.18. The molecule has 0 bridgehead atoms. The summed E-state index contributed by atoms with van der Waals surface area (Å²) in [6, 6.07) is 9.99. The van der Waals surface area contributed by atoms with Gasteiger partial charge in [0.25, 0.3) is 5.56 Å². The normalized spacial score (nSPS) is 11.4. The molecule has 1 amide bonds. The first-order chi connectivity index (χ1) is 13.6. The number of amides is 1. The van der Waals surface area contributed by atoms with Gasteiger partial charge < -0.3 is 5.32 Å². The molecule has 0 atom stereocenters. The second kappa shape index (κ2) is 7.55. The number of benzene rings is 1. The minimum absolute atomic E-state index is 0.134. The van der Waals surface area contributed by atoms with Crippen molar-refractivity contribution in [3.63, 3.8) is 0 Å². The summed E-state index contributed by atoms with van der Waals surface area (Å²) >= 11 is 1.57. The minimum Gasteiger partial charge on any atom is -0.354 e. The number of halogens is 1. The highest BCUT2D eigenvalue weighted by atomic mass is 32.1. The highest BCUT2D eigenvalue weighted by Crippen LogP contribution is 2.24. The molecule has 0 unspecified atom stereocenters. The molecule has 0 saturated carbocycles. The van der Waals surface area contributed by atoms with Gasteiger partial charge in [-0.3, -0.25) is 14.0 Å². The molecule has 28 heavy (non-hydrogen) atoms. The van der Waals surface area contributed by atoms with Crippen molar-refractivity contribution in [2.45, 2.75) is 26.3 Å². The number of hydrogen-bond acceptors (Lipinski definition) is 4. The Morgan fingerprint density at radius 1 is 1.21 bits per heavy atom. The number of nitrogens with one attached hydrogen (secondary N) is 1. The molecule has 0 fully saturated rings. The fourth-order valence-corrected chi connectivity index (χ4v) is 4.05. The standard InChI is InChI=1S/C20H19FN4O2S/c1-2-18-23-24(20(27)16-11-17-15(25(16)18)8-10-28-17)12-19(26)22-9-7-13-3-5-14(21)6-4-13/h3-6,8,10-11H,2,7,9,12H2,1H3,(H,22,26). The molecule has 0 aliphatic heterocycles. The summed E-state index contributed by atoms with van der Waals surface area (Å²) in [6.45, 7) is 2.24. The highest BCUT2D eigenvalue weighted by molar-refractivity contribution is 7.17. The third-order valence-electron chi connectivity index (χ3n) is 4.63. The lowest BCUT2D eigenvalue weighted by Crippen LogP contribution is -2.36. The molecule has 1 N–H and O–H groups in total. The van der Waals surface area contributed by atoms with E-state index in [0.29, 0.717) is 24.9 Å². The molecule has 0 radical (unpaired) electrons. The number of fused-ring (bicyclic) bond motifs is 3. The van der Waals surface area contributed by atoms with Crippen molar-refractivity contribution in [1.82, 2.24) is 19.5 Å². The lowest BCUT2D eigenvalue weighted by atomic mass is 10.1. The molecule has 0 aliphatic rings. The van der Waals surface area contributed by atoms with Gasteiger partial charge >= 0.3 is 0 Å². The second-order valence-electron chi connectivity index (χ2n) is 6.49. The summed E-state index contributed by atoms with van der Waals surface area (Å²) in [5.74, 6) is 0.171. The summed E-state index contributed by atoms with van der Waals surface area (Å²) in [5.41, 5.74) is 2.15. The van der Waals surface area contributed by atoms with Crippen LogP contribution in [0, 0.1) is 5.82 Å². The Hall–Kier alpha value is -3.00. The zero-order chi connectivity index (χ0) is 19.7. The van der Waals surface area contributed by atoms with Gasteiger partial charge in [0.05, 0.1) is 10.2 Å². The Morgan fingerprint density at radius 3 is 2.75 bits per heavy atom. The van der Waals surface area contributed by atoms with Gasteiger partial charge in [0.1, 0.15) is 23.7 Å². The molecule has 8 heteroatoms. The van der Waals surface area contributed by atoms with E-state index in [1.54, 1.807) is 23.5 Å². The zero-order valence-electron chi connectivity index (χ0n) is 15.3. The van der Waals surface area contributed by atoms with Crippen molar-refractivity contribution in [2.75, 3.05) is 6.54 Å². The quantitative estimate of drug-likeness (QED) is 0.543. The molecule has 0 spiro atoms. The maximum atomic E-state index is 12.9. The van der Waals surface area contributed by atoms with Crippen LogP contribution in [-0.4, -0.2) is 26.6 Å². The summed E-state index contributed by atoms with van der Waals surface area (Å²) in [6.07, 6.45) is 1.23. The third kappa shape index (κ3) is 3.43. The van der Waals surface area contributed by atoms with Crippen molar-refractivity contribution < 1.29 is 9.18 Å². The van der Waals surface area contributed by atoms with Crippen LogP contribution in [0.3, 0.4) is 0 Å². The van der Waals surface area contributed by atoms with E-state index < -0.39 is 0 Å². The lowest BCUT2D eigenvalue weighted by Gasteiger charge is -2.10. The number of aromatic nitrogens is 3. The van der Waals surface area contributed by atoms with Crippen LogP contribution >= 0.6 is 11.3 Å². The summed E-state index contributed by atoms with van der Waals surface area (Å²) in [7, 11) is 0. The number of carbonyl (C=O) groups is 1. The fraction of sp³-hybridized carbons (Fsp3) is 0.250. The Balaban J connectivity index is 1.50. The molecule has 3 aromatic heterocycles. The van der Waals surface area contributed by atoms with Gasteiger partial charge in [-0.15, -0.1) is 11.3 Å². The van der Waals surface area contributed by atoms with Crippen molar-refractivity contribution in [1.29, 1.82) is 0 Å². The average molecular weight is 398 g/mol. The van der Waals surface area contributed by atoms with Gasteiger partial charge in [-0.2, -0.15) is 5.10 Å². The van der Waals surface area contributed by atoms with Gasteiger partial charge in [0, 0.05) is 13.0 Å². The van der Waals surface area contributed by atoms with Crippen LogP contribution in [0.5, 0.6) is 0 Å². The molecular weight excluding hydrogens is 379 g/mol. The van der Waals surface area contributed by atoms with Crippen LogP contribution < -0.4 is 10.9 Å². The molecule has 6 nitrogen and oxygen atoms in total. The predicted molar refractivity (Wildman–Crippen MR) is 107 cm³/mol. The average Bonchev–Trinajstić information content (AvgIpc) is 3.27. The molecular formula is C20H19FN4O2S. The summed E-state index contributed by atoms with van der Waals surface area (Å²) < 4.78 is 17.0. The van der Waals surface area contributed by atoms with Crippen molar-refractivity contribution >= 4 is 33.0 Å². The number of aryl methyl sites for hydroxylation is 1. The van der Waals surface area contributed by atoms with Crippen molar-refractivity contribution in [2.24, 2.45) is 0 Å². The van der Waals surface area contributed by atoms with E-state index in [4.69, 9.17) is 0 Å². The fourth-order valence-electron chi connectivity index (χ4n) is 3.25. The van der Waals surface area contributed by atoms with E-state index in [-0.39, 0.29) is 23.8 Å². The van der Waals surface area contributed by atoms with Gasteiger partial charge in [-0.05, 0) is 41.6 Å². The van der Waals surface area contributed by atoms with E-state index in [1.165, 1.54) is 16.8 Å². The van der Waals surface area contributed by atoms with Crippen LogP contribution in [-0.2, 0) is 24.2 Å². The SMILES string of the molecule is CCc1nn(CC(=O)NCCc2ccc(F)cc2)c(=O)c2cc3sccc3n12. The van der Waals surface area contributed by atoms with E-state index in [9.17, 15) is 14.0 Å². The minimum atomic E-state index is -0.286. The first kappa shape index (κ1) is 18.4. The Kier molecular flexibility index (Phi) is 4.95. The van der Waals surface area contributed by atoms with Crippen molar-refractivity contribution in [3.8, 4) is 0 Å². The molecule has 1 aromatic carbocycles. The van der Waals surface area contributed by atoms with E-state index in [1.807, 2.05) is 28.8 Å². The summed E-state index contributed by atoms with van der Waals surface area (Å²) in [4.78, 5) is 25.1. The number of carbonyl (C=O) groups excluding carboxylic acids is 1. The molecule has 0 saturated heterocycles. The topological polar surface area (TPSA) is 68.4 Å². The van der Waals surface area contributed by atoms with Gasteiger partial charge in [-0.1, -0.05) is 19.1 Å². The number of hydrogen-bond donors (Lipinski definition) is 1. The molecule has 3 heterocycles. The monoisotopic (exact) mass is 398 g/mol. The molecule has 4 aromatic rings. The van der Waals surface area contributed by atoms with Crippen molar-refractivity contribution in [3.05, 3.63) is 69.3 Å². The predicted octanol–water partition coefficient (Wildman–Crippen LogP) is 2.77.